The van der Waals surface area contributed by atoms with Crippen molar-refractivity contribution < 1.29 is 26.4 Å². The van der Waals surface area contributed by atoms with Crippen LogP contribution >= 0.6 is 0 Å². The zero-order chi connectivity index (χ0) is 19.7. The lowest BCUT2D eigenvalue weighted by molar-refractivity contribution is -0.119. The number of rotatable bonds is 5. The van der Waals surface area contributed by atoms with Gasteiger partial charge in [-0.05, 0) is 37.5 Å². The second-order valence-corrected chi connectivity index (χ2v) is 11.1. The minimum Gasteiger partial charge on any atom is -0.495 e. The largest absolute Gasteiger partial charge is 0.495 e. The Morgan fingerprint density at radius 2 is 1.93 bits per heavy atom. The molecule has 10 heteroatoms. The SMILES string of the molecule is COc1ccc(NC(=O)[C@H]2CCS(=O)(=O)C2)cc1S(=O)(=O)N1CCCCC1. The fourth-order valence-electron chi connectivity index (χ4n) is 3.45. The van der Waals surface area contributed by atoms with E-state index in [0.717, 1.165) is 19.3 Å². The molecule has 8 nitrogen and oxygen atoms in total. The van der Waals surface area contributed by atoms with Crippen molar-refractivity contribution in [1.29, 1.82) is 0 Å². The summed E-state index contributed by atoms with van der Waals surface area (Å²) in [5.74, 6) is -0.986. The number of anilines is 1. The van der Waals surface area contributed by atoms with Crippen molar-refractivity contribution in [2.24, 2.45) is 5.92 Å². The van der Waals surface area contributed by atoms with E-state index in [1.807, 2.05) is 0 Å². The van der Waals surface area contributed by atoms with Gasteiger partial charge in [-0.25, -0.2) is 16.8 Å². The number of sulfone groups is 1. The van der Waals surface area contributed by atoms with Gasteiger partial charge < -0.3 is 10.1 Å². The molecule has 0 radical (unpaired) electrons. The molecule has 2 heterocycles. The molecule has 0 aliphatic carbocycles. The number of nitrogens with zero attached hydrogens (tertiary/aromatic N) is 1. The number of methoxy groups -OCH3 is 1. The van der Waals surface area contributed by atoms with Crippen molar-refractivity contribution in [1.82, 2.24) is 4.31 Å². The number of nitrogens with one attached hydrogen (secondary N) is 1. The third-order valence-corrected chi connectivity index (χ3v) is 8.66. The molecular weight excluding hydrogens is 392 g/mol. The van der Waals surface area contributed by atoms with Crippen molar-refractivity contribution in [2.75, 3.05) is 37.0 Å². The molecule has 0 spiro atoms. The summed E-state index contributed by atoms with van der Waals surface area (Å²) in [5.41, 5.74) is 0.306. The van der Waals surface area contributed by atoms with Gasteiger partial charge in [0.1, 0.15) is 10.6 Å². The number of hydrogen-bond acceptors (Lipinski definition) is 6. The molecule has 1 aromatic rings. The quantitative estimate of drug-likeness (QED) is 0.773. The summed E-state index contributed by atoms with van der Waals surface area (Å²) in [6.07, 6.45) is 2.91. The third kappa shape index (κ3) is 4.44. The van der Waals surface area contributed by atoms with Gasteiger partial charge >= 0.3 is 0 Å². The van der Waals surface area contributed by atoms with E-state index in [-0.39, 0.29) is 28.6 Å². The highest BCUT2D eigenvalue weighted by Gasteiger charge is 2.33. The summed E-state index contributed by atoms with van der Waals surface area (Å²) in [7, 11) is -5.52. The number of sulfonamides is 1. The zero-order valence-electron chi connectivity index (χ0n) is 15.2. The predicted octanol–water partition coefficient (Wildman–Crippen LogP) is 1.24. The van der Waals surface area contributed by atoms with E-state index < -0.39 is 31.7 Å². The molecule has 1 atom stereocenters. The summed E-state index contributed by atoms with van der Waals surface area (Å²) in [6, 6.07) is 4.43. The fraction of sp³-hybridized carbons (Fsp3) is 0.588. The topological polar surface area (TPSA) is 110 Å². The van der Waals surface area contributed by atoms with Crippen molar-refractivity contribution in [2.45, 2.75) is 30.6 Å². The molecule has 2 saturated heterocycles. The van der Waals surface area contributed by atoms with E-state index in [9.17, 15) is 21.6 Å². The normalized spacial score (nSPS) is 23.1. The molecule has 3 rings (SSSR count). The molecule has 2 aliphatic rings. The van der Waals surface area contributed by atoms with Gasteiger partial charge in [-0.2, -0.15) is 4.31 Å². The maximum absolute atomic E-state index is 13.0. The van der Waals surface area contributed by atoms with Gasteiger partial charge in [-0.15, -0.1) is 0 Å². The number of carbonyl (C=O) groups excluding carboxylic acids is 1. The first-order chi connectivity index (χ1) is 12.7. The minimum absolute atomic E-state index is 0.00227. The van der Waals surface area contributed by atoms with Gasteiger partial charge in [0, 0.05) is 18.8 Å². The molecule has 1 amide bonds. The van der Waals surface area contributed by atoms with Gasteiger partial charge in [0.15, 0.2) is 9.84 Å². The molecule has 0 unspecified atom stereocenters. The van der Waals surface area contributed by atoms with Crippen LogP contribution in [0, 0.1) is 5.92 Å². The van der Waals surface area contributed by atoms with Crippen LogP contribution in [0.3, 0.4) is 0 Å². The number of carbonyl (C=O) groups is 1. The van der Waals surface area contributed by atoms with Crippen molar-refractivity contribution in [3.05, 3.63) is 18.2 Å². The smallest absolute Gasteiger partial charge is 0.246 e. The van der Waals surface area contributed by atoms with Gasteiger partial charge in [0.25, 0.3) is 0 Å². The number of hydrogen-bond donors (Lipinski definition) is 1. The van der Waals surface area contributed by atoms with Crippen molar-refractivity contribution in [3.63, 3.8) is 0 Å². The highest BCUT2D eigenvalue weighted by atomic mass is 32.2. The summed E-state index contributed by atoms with van der Waals surface area (Å²) >= 11 is 0. The lowest BCUT2D eigenvalue weighted by Crippen LogP contribution is -2.35. The van der Waals surface area contributed by atoms with E-state index in [1.54, 1.807) is 6.07 Å². The standard InChI is InChI=1S/C17H24N2O6S2/c1-25-15-6-5-14(18-17(20)13-7-10-26(21,22)12-13)11-16(15)27(23,24)19-8-3-2-4-9-19/h5-6,11,13H,2-4,7-10,12H2,1H3,(H,18,20)/t13-/m0/s1. The number of ether oxygens (including phenoxy) is 1. The van der Waals surface area contributed by atoms with Crippen LogP contribution in [0.15, 0.2) is 23.1 Å². The predicted molar refractivity (Wildman–Crippen MR) is 101 cm³/mol. The van der Waals surface area contributed by atoms with Crippen LogP contribution in [0.4, 0.5) is 5.69 Å². The van der Waals surface area contributed by atoms with Gasteiger partial charge in [-0.3, -0.25) is 4.79 Å². The summed E-state index contributed by atoms with van der Waals surface area (Å²) in [5, 5.41) is 2.65. The van der Waals surface area contributed by atoms with E-state index in [0.29, 0.717) is 18.8 Å². The van der Waals surface area contributed by atoms with Gasteiger partial charge in [-0.1, -0.05) is 6.42 Å². The summed E-state index contributed by atoms with van der Waals surface area (Å²) < 4.78 is 55.8. The Kier molecular flexibility index (Phi) is 5.78. The van der Waals surface area contributed by atoms with Gasteiger partial charge in [0.05, 0.1) is 24.5 Å². The number of piperidine rings is 1. The minimum atomic E-state index is -3.74. The van der Waals surface area contributed by atoms with Crippen LogP contribution in [0.25, 0.3) is 0 Å². The van der Waals surface area contributed by atoms with Crippen LogP contribution in [-0.2, 0) is 24.7 Å². The monoisotopic (exact) mass is 416 g/mol. The molecule has 1 aromatic carbocycles. The maximum atomic E-state index is 13.0. The summed E-state index contributed by atoms with van der Waals surface area (Å²) in [4.78, 5) is 12.4. The Labute approximate surface area is 159 Å². The first-order valence-corrected chi connectivity index (χ1v) is 12.2. The third-order valence-electron chi connectivity index (χ3n) is 4.97. The summed E-state index contributed by atoms with van der Waals surface area (Å²) in [6.45, 7) is 0.921. The maximum Gasteiger partial charge on any atom is 0.246 e. The van der Waals surface area contributed by atoms with E-state index >= 15 is 0 Å². The van der Waals surface area contributed by atoms with Gasteiger partial charge in [0.2, 0.25) is 15.9 Å². The average Bonchev–Trinajstić information content (AvgIpc) is 3.02. The average molecular weight is 417 g/mol. The highest BCUT2D eigenvalue weighted by molar-refractivity contribution is 7.91. The number of amides is 1. The molecule has 0 saturated carbocycles. The molecule has 150 valence electrons. The molecule has 27 heavy (non-hydrogen) atoms. The van der Waals surface area contributed by atoms with Crippen molar-refractivity contribution in [3.8, 4) is 5.75 Å². The van der Waals surface area contributed by atoms with Crippen LogP contribution < -0.4 is 10.1 Å². The Balaban J connectivity index is 1.84. The molecule has 0 aromatic heterocycles. The highest BCUT2D eigenvalue weighted by Crippen LogP contribution is 2.31. The first-order valence-electron chi connectivity index (χ1n) is 8.92. The molecule has 1 N–H and O–H groups in total. The number of benzene rings is 1. The Morgan fingerprint density at radius 1 is 1.22 bits per heavy atom. The lowest BCUT2D eigenvalue weighted by atomic mass is 10.1. The second-order valence-electron chi connectivity index (χ2n) is 6.92. The molecule has 2 aliphatic heterocycles. The van der Waals surface area contributed by atoms with Crippen molar-refractivity contribution >= 4 is 31.5 Å². The van der Waals surface area contributed by atoms with E-state index in [2.05, 4.69) is 5.32 Å². The Bertz CT molecular complexity index is 921. The van der Waals surface area contributed by atoms with E-state index in [4.69, 9.17) is 4.74 Å². The molecule has 2 fully saturated rings. The Hall–Kier alpha value is -1.65. The van der Waals surface area contributed by atoms with Crippen LogP contribution in [0.5, 0.6) is 5.75 Å². The van der Waals surface area contributed by atoms with Crippen LogP contribution in [0.2, 0.25) is 0 Å². The molecule has 0 bridgehead atoms. The molecular formula is C17H24N2O6S2. The Morgan fingerprint density at radius 3 is 2.52 bits per heavy atom. The van der Waals surface area contributed by atoms with Crippen LogP contribution in [0.1, 0.15) is 25.7 Å². The zero-order valence-corrected chi connectivity index (χ0v) is 16.8. The first kappa shape index (κ1) is 20.1. The fourth-order valence-corrected chi connectivity index (χ4v) is 6.89. The lowest BCUT2D eigenvalue weighted by Gasteiger charge is -2.26. The van der Waals surface area contributed by atoms with Crippen LogP contribution in [-0.4, -0.2) is 58.8 Å². The second kappa shape index (κ2) is 7.76. The van der Waals surface area contributed by atoms with E-state index in [1.165, 1.54) is 23.5 Å².